The zero-order valence-electron chi connectivity index (χ0n) is 9.70. The van der Waals surface area contributed by atoms with E-state index < -0.39 is 0 Å². The van der Waals surface area contributed by atoms with Crippen LogP contribution in [0.25, 0.3) is 0 Å². The Morgan fingerprint density at radius 1 is 1.33 bits per heavy atom. The van der Waals surface area contributed by atoms with Crippen LogP contribution in [0.3, 0.4) is 0 Å². The summed E-state index contributed by atoms with van der Waals surface area (Å²) in [4.78, 5) is 10.4. The number of nitro benzene ring substituents is 1. The average molecular weight is 207 g/mol. The molecule has 0 aromatic heterocycles. The maximum absolute atomic E-state index is 10.7. The first-order valence-electron chi connectivity index (χ1n) is 5.03. The van der Waals surface area contributed by atoms with Crippen molar-refractivity contribution in [2.75, 3.05) is 0 Å². The summed E-state index contributed by atoms with van der Waals surface area (Å²) in [5, 5.41) is 10.7. The van der Waals surface area contributed by atoms with Crippen molar-refractivity contribution in [1.29, 1.82) is 0 Å². The molecule has 0 saturated carbocycles. The third-order valence-corrected chi connectivity index (χ3v) is 2.20. The van der Waals surface area contributed by atoms with E-state index in [0.717, 1.165) is 17.5 Å². The second-order valence-corrected chi connectivity index (χ2v) is 5.12. The van der Waals surface area contributed by atoms with Crippen molar-refractivity contribution in [3.05, 3.63) is 39.4 Å². The molecule has 0 saturated heterocycles. The van der Waals surface area contributed by atoms with Crippen LogP contribution in [0.2, 0.25) is 0 Å². The lowest BCUT2D eigenvalue weighted by molar-refractivity contribution is -0.385. The first-order chi connectivity index (χ1) is 6.79. The summed E-state index contributed by atoms with van der Waals surface area (Å²) in [7, 11) is 0. The minimum atomic E-state index is -0.318. The van der Waals surface area contributed by atoms with E-state index in [0.29, 0.717) is 0 Å². The summed E-state index contributed by atoms with van der Waals surface area (Å²) < 4.78 is 0. The van der Waals surface area contributed by atoms with Gasteiger partial charge in [-0.05, 0) is 24.3 Å². The Morgan fingerprint density at radius 2 is 1.93 bits per heavy atom. The van der Waals surface area contributed by atoms with Gasteiger partial charge in [-0.15, -0.1) is 0 Å². The van der Waals surface area contributed by atoms with E-state index in [1.165, 1.54) is 0 Å². The summed E-state index contributed by atoms with van der Waals surface area (Å²) in [6.45, 7) is 8.13. The van der Waals surface area contributed by atoms with Gasteiger partial charge in [0.25, 0.3) is 5.69 Å². The lowest BCUT2D eigenvalue weighted by atomic mass is 9.88. The molecule has 0 aliphatic heterocycles. The summed E-state index contributed by atoms with van der Waals surface area (Å²) >= 11 is 0. The Labute approximate surface area is 90.3 Å². The van der Waals surface area contributed by atoms with E-state index in [2.05, 4.69) is 20.8 Å². The maximum atomic E-state index is 10.7. The highest BCUT2D eigenvalue weighted by molar-refractivity contribution is 5.42. The van der Waals surface area contributed by atoms with Crippen molar-refractivity contribution in [2.24, 2.45) is 5.41 Å². The van der Waals surface area contributed by atoms with Crippen molar-refractivity contribution in [1.82, 2.24) is 0 Å². The van der Waals surface area contributed by atoms with Crippen LogP contribution < -0.4 is 0 Å². The molecule has 0 unspecified atom stereocenters. The highest BCUT2D eigenvalue weighted by Crippen LogP contribution is 2.25. The number of hydrogen-bond acceptors (Lipinski definition) is 2. The quantitative estimate of drug-likeness (QED) is 0.550. The Hall–Kier alpha value is -1.38. The van der Waals surface area contributed by atoms with Crippen LogP contribution in [-0.4, -0.2) is 4.92 Å². The molecule has 1 rings (SSSR count). The molecule has 0 fully saturated rings. The van der Waals surface area contributed by atoms with Gasteiger partial charge in [-0.1, -0.05) is 32.9 Å². The third-order valence-electron chi connectivity index (χ3n) is 2.20. The molecule has 0 aliphatic carbocycles. The summed E-state index contributed by atoms with van der Waals surface area (Å²) in [6.07, 6.45) is 0.855. The zero-order valence-corrected chi connectivity index (χ0v) is 9.70. The normalized spacial score (nSPS) is 11.5. The zero-order chi connectivity index (χ0) is 11.6. The van der Waals surface area contributed by atoms with Crippen molar-refractivity contribution in [3.8, 4) is 0 Å². The molecule has 0 aliphatic rings. The monoisotopic (exact) mass is 207 g/mol. The molecular formula is C12H17NO2. The first kappa shape index (κ1) is 11.7. The summed E-state index contributed by atoms with van der Waals surface area (Å²) in [5.74, 6) is 0. The maximum Gasteiger partial charge on any atom is 0.272 e. The number of benzene rings is 1. The Balaban J connectivity index is 3.03. The molecule has 3 nitrogen and oxygen atoms in total. The molecule has 1 aromatic carbocycles. The molecule has 1 aromatic rings. The molecule has 0 amide bonds. The van der Waals surface area contributed by atoms with Gasteiger partial charge in [-0.3, -0.25) is 10.1 Å². The summed E-state index contributed by atoms with van der Waals surface area (Å²) in [5.41, 5.74) is 2.12. The van der Waals surface area contributed by atoms with Crippen molar-refractivity contribution >= 4 is 5.69 Å². The molecule has 3 heteroatoms. The van der Waals surface area contributed by atoms with E-state index in [-0.39, 0.29) is 16.0 Å². The van der Waals surface area contributed by atoms with Gasteiger partial charge in [0.1, 0.15) is 0 Å². The lowest BCUT2D eigenvalue weighted by Crippen LogP contribution is -2.09. The molecule has 0 spiro atoms. The standard InChI is InChI=1S/C12H17NO2/c1-9-5-6-10(8-12(2,3)4)7-11(9)13(14)15/h5-7H,8H2,1-4H3. The van der Waals surface area contributed by atoms with Crippen LogP contribution in [0.15, 0.2) is 18.2 Å². The van der Waals surface area contributed by atoms with Gasteiger partial charge in [-0.25, -0.2) is 0 Å². The van der Waals surface area contributed by atoms with Gasteiger partial charge in [0.2, 0.25) is 0 Å². The van der Waals surface area contributed by atoms with Gasteiger partial charge in [0.15, 0.2) is 0 Å². The fourth-order valence-electron chi connectivity index (χ4n) is 1.57. The molecule has 15 heavy (non-hydrogen) atoms. The molecule has 82 valence electrons. The lowest BCUT2D eigenvalue weighted by Gasteiger charge is -2.17. The second kappa shape index (κ2) is 4.01. The van der Waals surface area contributed by atoms with Crippen LogP contribution in [0.4, 0.5) is 5.69 Å². The molecule has 0 bridgehead atoms. The second-order valence-electron chi connectivity index (χ2n) is 5.12. The third kappa shape index (κ3) is 3.35. The van der Waals surface area contributed by atoms with E-state index >= 15 is 0 Å². The highest BCUT2D eigenvalue weighted by Gasteiger charge is 2.15. The number of rotatable bonds is 2. The van der Waals surface area contributed by atoms with Gasteiger partial charge in [0, 0.05) is 11.6 Å². The number of hydrogen-bond donors (Lipinski definition) is 0. The Morgan fingerprint density at radius 3 is 2.40 bits per heavy atom. The van der Waals surface area contributed by atoms with Gasteiger partial charge in [0.05, 0.1) is 4.92 Å². The Kier molecular flexibility index (Phi) is 3.12. The predicted octanol–water partition coefficient (Wildman–Crippen LogP) is 3.49. The Bertz CT molecular complexity index is 378. The topological polar surface area (TPSA) is 43.1 Å². The van der Waals surface area contributed by atoms with E-state index in [1.807, 2.05) is 12.1 Å². The van der Waals surface area contributed by atoms with Gasteiger partial charge in [-0.2, -0.15) is 0 Å². The van der Waals surface area contributed by atoms with E-state index in [9.17, 15) is 10.1 Å². The molecule has 0 heterocycles. The number of nitrogens with zero attached hydrogens (tertiary/aromatic N) is 1. The van der Waals surface area contributed by atoms with Crippen LogP contribution in [0.1, 0.15) is 31.9 Å². The fraction of sp³-hybridized carbons (Fsp3) is 0.500. The average Bonchev–Trinajstić information content (AvgIpc) is 2.05. The van der Waals surface area contributed by atoms with Crippen LogP contribution in [-0.2, 0) is 6.42 Å². The van der Waals surface area contributed by atoms with Crippen molar-refractivity contribution in [2.45, 2.75) is 34.1 Å². The minimum Gasteiger partial charge on any atom is -0.258 e. The predicted molar refractivity (Wildman–Crippen MR) is 61.0 cm³/mol. The SMILES string of the molecule is Cc1ccc(CC(C)(C)C)cc1[N+](=O)[O-]. The van der Waals surface area contributed by atoms with Crippen LogP contribution >= 0.6 is 0 Å². The van der Waals surface area contributed by atoms with Crippen molar-refractivity contribution in [3.63, 3.8) is 0 Å². The molecule has 0 N–H and O–H groups in total. The largest absolute Gasteiger partial charge is 0.272 e. The molecular weight excluding hydrogens is 190 g/mol. The minimum absolute atomic E-state index is 0.156. The highest BCUT2D eigenvalue weighted by atomic mass is 16.6. The van der Waals surface area contributed by atoms with Crippen LogP contribution in [0, 0.1) is 22.5 Å². The van der Waals surface area contributed by atoms with Gasteiger partial charge >= 0.3 is 0 Å². The molecule has 0 radical (unpaired) electrons. The van der Waals surface area contributed by atoms with E-state index in [1.54, 1.807) is 13.0 Å². The number of nitro groups is 1. The fourth-order valence-corrected chi connectivity index (χ4v) is 1.57. The van der Waals surface area contributed by atoms with Crippen LogP contribution in [0.5, 0.6) is 0 Å². The number of aryl methyl sites for hydroxylation is 1. The van der Waals surface area contributed by atoms with Gasteiger partial charge < -0.3 is 0 Å². The smallest absolute Gasteiger partial charge is 0.258 e. The summed E-state index contributed by atoms with van der Waals surface area (Å²) in [6, 6.07) is 5.47. The molecule has 0 atom stereocenters. The van der Waals surface area contributed by atoms with Crippen molar-refractivity contribution < 1.29 is 4.92 Å². The first-order valence-corrected chi connectivity index (χ1v) is 5.03. The van der Waals surface area contributed by atoms with E-state index in [4.69, 9.17) is 0 Å².